The number of aromatic nitrogens is 1. The maximum absolute atomic E-state index is 13.1. The number of piperazine rings is 1. The fraction of sp³-hybridized carbons (Fsp3) is 0.727. The van der Waals surface area contributed by atoms with Crippen molar-refractivity contribution in [1.82, 2.24) is 15.2 Å². The molecule has 0 aromatic carbocycles. The van der Waals surface area contributed by atoms with Gasteiger partial charge in [-0.15, -0.1) is 0 Å². The van der Waals surface area contributed by atoms with Crippen molar-refractivity contribution in [2.24, 2.45) is 17.8 Å². The van der Waals surface area contributed by atoms with Gasteiger partial charge in [0.1, 0.15) is 5.82 Å². The van der Waals surface area contributed by atoms with Gasteiger partial charge in [0.05, 0.1) is 6.04 Å². The van der Waals surface area contributed by atoms with Gasteiger partial charge in [-0.3, -0.25) is 9.69 Å². The van der Waals surface area contributed by atoms with Crippen LogP contribution in [0.5, 0.6) is 0 Å². The first-order chi connectivity index (χ1) is 13.1. The average molecular weight is 369 g/mol. The van der Waals surface area contributed by atoms with Crippen molar-refractivity contribution >= 4 is 11.7 Å². The Morgan fingerprint density at radius 3 is 2.26 bits per heavy atom. The van der Waals surface area contributed by atoms with Crippen LogP contribution in [0.2, 0.25) is 0 Å². The van der Waals surface area contributed by atoms with E-state index in [2.05, 4.69) is 33.1 Å². The molecule has 0 spiro atoms. The van der Waals surface area contributed by atoms with Gasteiger partial charge in [0.2, 0.25) is 5.91 Å². The summed E-state index contributed by atoms with van der Waals surface area (Å²) < 4.78 is 0. The van der Waals surface area contributed by atoms with Crippen LogP contribution in [0.3, 0.4) is 0 Å². The SMILES string of the molecule is CC(C(=O)NC12CC3CC(CC(C3)C1)C2)N1CCN(c2ccccn2)CC1. The molecule has 5 fully saturated rings. The van der Waals surface area contributed by atoms with Crippen LogP contribution in [-0.4, -0.2) is 53.6 Å². The first-order valence-electron chi connectivity index (χ1n) is 10.8. The van der Waals surface area contributed by atoms with Crippen LogP contribution in [0.25, 0.3) is 0 Å². The van der Waals surface area contributed by atoms with Crippen molar-refractivity contribution < 1.29 is 4.79 Å². The Bertz CT molecular complexity index is 648. The largest absolute Gasteiger partial charge is 0.354 e. The van der Waals surface area contributed by atoms with Crippen LogP contribution in [-0.2, 0) is 4.79 Å². The molecule has 1 aliphatic heterocycles. The summed E-state index contributed by atoms with van der Waals surface area (Å²) in [7, 11) is 0. The molecule has 4 aliphatic carbocycles. The van der Waals surface area contributed by atoms with Crippen LogP contribution in [0, 0.1) is 17.8 Å². The number of pyridine rings is 1. The Morgan fingerprint density at radius 2 is 1.70 bits per heavy atom. The van der Waals surface area contributed by atoms with Gasteiger partial charge in [0, 0.05) is 37.9 Å². The minimum absolute atomic E-state index is 0.0381. The van der Waals surface area contributed by atoms with E-state index in [1.54, 1.807) is 0 Å². The average Bonchev–Trinajstić information content (AvgIpc) is 2.67. The van der Waals surface area contributed by atoms with E-state index in [0.29, 0.717) is 0 Å². The van der Waals surface area contributed by atoms with E-state index in [1.165, 1.54) is 38.5 Å². The number of anilines is 1. The number of amides is 1. The molecule has 2 heterocycles. The van der Waals surface area contributed by atoms with Crippen molar-refractivity contribution in [3.05, 3.63) is 24.4 Å². The van der Waals surface area contributed by atoms with Crippen LogP contribution < -0.4 is 10.2 Å². The Labute approximate surface area is 162 Å². The van der Waals surface area contributed by atoms with Gasteiger partial charge >= 0.3 is 0 Å². The minimum Gasteiger partial charge on any atom is -0.354 e. The summed E-state index contributed by atoms with van der Waals surface area (Å²) in [6, 6.07) is 6.02. The molecule has 5 aliphatic rings. The second-order valence-electron chi connectivity index (χ2n) is 9.57. The first kappa shape index (κ1) is 17.5. The maximum atomic E-state index is 13.1. The van der Waals surface area contributed by atoms with E-state index in [0.717, 1.165) is 49.8 Å². The highest BCUT2D eigenvalue weighted by molar-refractivity contribution is 5.82. The molecule has 1 N–H and O–H groups in total. The van der Waals surface area contributed by atoms with E-state index in [1.807, 2.05) is 18.3 Å². The minimum atomic E-state index is -0.0381. The molecule has 6 rings (SSSR count). The Balaban J connectivity index is 1.18. The Kier molecular flexibility index (Phi) is 4.38. The summed E-state index contributed by atoms with van der Waals surface area (Å²) in [6.45, 7) is 5.81. The highest BCUT2D eigenvalue weighted by atomic mass is 16.2. The van der Waals surface area contributed by atoms with Crippen molar-refractivity contribution in [2.75, 3.05) is 31.1 Å². The third-order valence-corrected chi connectivity index (χ3v) is 7.64. The Morgan fingerprint density at radius 1 is 1.07 bits per heavy atom. The van der Waals surface area contributed by atoms with Crippen molar-refractivity contribution in [1.29, 1.82) is 0 Å². The molecule has 4 saturated carbocycles. The smallest absolute Gasteiger partial charge is 0.237 e. The lowest BCUT2D eigenvalue weighted by atomic mass is 9.53. The lowest BCUT2D eigenvalue weighted by Gasteiger charge is -2.57. The van der Waals surface area contributed by atoms with Gasteiger partial charge < -0.3 is 10.2 Å². The van der Waals surface area contributed by atoms with Crippen molar-refractivity contribution in [3.8, 4) is 0 Å². The molecule has 4 bridgehead atoms. The summed E-state index contributed by atoms with van der Waals surface area (Å²) in [5.41, 5.74) is 0.121. The zero-order chi connectivity index (χ0) is 18.4. The van der Waals surface area contributed by atoms with E-state index in [4.69, 9.17) is 0 Å². The standard InChI is InChI=1S/C22H32N4O/c1-16(25-6-8-26(9-7-25)20-4-2-3-5-23-20)21(27)24-22-13-17-10-18(14-22)12-19(11-17)15-22/h2-5,16-19H,6-15H2,1H3,(H,24,27). The Hall–Kier alpha value is -1.62. The number of carbonyl (C=O) groups is 1. The van der Waals surface area contributed by atoms with Gasteiger partial charge in [0.15, 0.2) is 0 Å². The molecule has 1 saturated heterocycles. The van der Waals surface area contributed by atoms with E-state index < -0.39 is 0 Å². The topological polar surface area (TPSA) is 48.5 Å². The second kappa shape index (κ2) is 6.77. The lowest BCUT2D eigenvalue weighted by Crippen LogP contribution is -2.63. The number of hydrogen-bond donors (Lipinski definition) is 1. The second-order valence-corrected chi connectivity index (χ2v) is 9.57. The zero-order valence-corrected chi connectivity index (χ0v) is 16.4. The lowest BCUT2D eigenvalue weighted by molar-refractivity contribution is -0.131. The van der Waals surface area contributed by atoms with Crippen LogP contribution in [0.4, 0.5) is 5.82 Å². The highest BCUT2D eigenvalue weighted by Crippen LogP contribution is 2.55. The van der Waals surface area contributed by atoms with Crippen LogP contribution in [0.15, 0.2) is 24.4 Å². The normalized spacial score (nSPS) is 36.6. The molecular formula is C22H32N4O. The molecule has 0 radical (unpaired) electrons. The van der Waals surface area contributed by atoms with Gasteiger partial charge in [-0.05, 0) is 75.3 Å². The number of nitrogens with zero attached hydrogens (tertiary/aromatic N) is 3. The third kappa shape index (κ3) is 3.35. The molecule has 5 heteroatoms. The van der Waals surface area contributed by atoms with Crippen molar-refractivity contribution in [3.63, 3.8) is 0 Å². The quantitative estimate of drug-likeness (QED) is 0.888. The molecule has 1 aromatic rings. The molecule has 146 valence electrons. The summed E-state index contributed by atoms with van der Waals surface area (Å²) in [5, 5.41) is 3.56. The number of nitrogens with one attached hydrogen (secondary N) is 1. The van der Waals surface area contributed by atoms with Gasteiger partial charge in [-0.1, -0.05) is 6.07 Å². The van der Waals surface area contributed by atoms with E-state index >= 15 is 0 Å². The molecule has 5 nitrogen and oxygen atoms in total. The fourth-order valence-corrected chi connectivity index (χ4v) is 6.67. The monoisotopic (exact) mass is 368 g/mol. The molecule has 27 heavy (non-hydrogen) atoms. The molecule has 1 unspecified atom stereocenters. The number of hydrogen-bond acceptors (Lipinski definition) is 4. The zero-order valence-electron chi connectivity index (χ0n) is 16.4. The summed E-state index contributed by atoms with van der Waals surface area (Å²) in [6.07, 6.45) is 9.78. The number of carbonyl (C=O) groups excluding carboxylic acids is 1. The summed E-state index contributed by atoms with van der Waals surface area (Å²) in [4.78, 5) is 22.2. The summed E-state index contributed by atoms with van der Waals surface area (Å²) in [5.74, 6) is 3.90. The van der Waals surface area contributed by atoms with Gasteiger partial charge in [-0.25, -0.2) is 4.98 Å². The van der Waals surface area contributed by atoms with E-state index in [-0.39, 0.29) is 17.5 Å². The predicted molar refractivity (Wildman–Crippen MR) is 107 cm³/mol. The molecule has 1 amide bonds. The third-order valence-electron chi connectivity index (χ3n) is 7.64. The van der Waals surface area contributed by atoms with Gasteiger partial charge in [0.25, 0.3) is 0 Å². The molecular weight excluding hydrogens is 336 g/mol. The van der Waals surface area contributed by atoms with E-state index in [9.17, 15) is 4.79 Å². The van der Waals surface area contributed by atoms with Crippen LogP contribution in [0.1, 0.15) is 45.4 Å². The highest BCUT2D eigenvalue weighted by Gasteiger charge is 2.51. The molecule has 1 atom stereocenters. The first-order valence-corrected chi connectivity index (χ1v) is 10.8. The van der Waals surface area contributed by atoms with Gasteiger partial charge in [-0.2, -0.15) is 0 Å². The predicted octanol–water partition coefficient (Wildman–Crippen LogP) is 2.68. The maximum Gasteiger partial charge on any atom is 0.237 e. The number of rotatable bonds is 4. The van der Waals surface area contributed by atoms with Crippen LogP contribution >= 0.6 is 0 Å². The fourth-order valence-electron chi connectivity index (χ4n) is 6.67. The summed E-state index contributed by atoms with van der Waals surface area (Å²) >= 11 is 0. The molecule has 1 aromatic heterocycles. The van der Waals surface area contributed by atoms with Crippen molar-refractivity contribution in [2.45, 2.75) is 57.0 Å².